The third-order valence-electron chi connectivity index (χ3n) is 2.73. The lowest BCUT2D eigenvalue weighted by Gasteiger charge is -2.29. The Morgan fingerprint density at radius 3 is 2.19 bits per heavy atom. The van der Waals surface area contributed by atoms with E-state index in [4.69, 9.17) is 13.9 Å². The van der Waals surface area contributed by atoms with E-state index in [1.807, 2.05) is 0 Å². The van der Waals surface area contributed by atoms with Crippen LogP contribution < -0.4 is 5.32 Å². The summed E-state index contributed by atoms with van der Waals surface area (Å²) in [5, 5.41) is 3.41. The molecule has 16 heavy (non-hydrogen) atoms. The molecule has 0 unspecified atom stereocenters. The van der Waals surface area contributed by atoms with E-state index in [0.29, 0.717) is 10.5 Å². The van der Waals surface area contributed by atoms with Crippen LogP contribution in [0.25, 0.3) is 0 Å². The molecule has 4 nitrogen and oxygen atoms in total. The summed E-state index contributed by atoms with van der Waals surface area (Å²) in [5.74, 6) is -0.796. The maximum atomic E-state index is 5.36. The summed E-state index contributed by atoms with van der Waals surface area (Å²) in [5.41, 5.74) is 0. The molecule has 0 atom stereocenters. The van der Waals surface area contributed by atoms with Gasteiger partial charge in [0.2, 0.25) is 0 Å². The van der Waals surface area contributed by atoms with E-state index >= 15 is 0 Å². The van der Waals surface area contributed by atoms with Gasteiger partial charge in [0, 0.05) is 20.6 Å². The van der Waals surface area contributed by atoms with E-state index in [1.54, 1.807) is 14.2 Å². The molecular weight excluding hydrogens is 222 g/mol. The molecule has 5 heteroatoms. The first kappa shape index (κ1) is 16.1. The lowest BCUT2D eigenvalue weighted by Crippen LogP contribution is -2.36. The van der Waals surface area contributed by atoms with Crippen molar-refractivity contribution in [1.29, 1.82) is 0 Å². The fourth-order valence-electron chi connectivity index (χ4n) is 1.57. The first-order chi connectivity index (χ1) is 7.74. The van der Waals surface area contributed by atoms with Gasteiger partial charge >= 0.3 is 0 Å². The number of hydrogen-bond acceptors (Lipinski definition) is 4. The lowest BCUT2D eigenvalue weighted by atomic mass is 10.2. The second-order valence-corrected chi connectivity index (χ2v) is 4.26. The zero-order valence-corrected chi connectivity index (χ0v) is 13.2. The molecule has 0 rings (SSSR count). The van der Waals surface area contributed by atoms with E-state index in [0.717, 1.165) is 32.4 Å². The second-order valence-electron chi connectivity index (χ2n) is 3.86. The molecule has 0 aromatic rings. The van der Waals surface area contributed by atoms with Crippen LogP contribution in [0.3, 0.4) is 0 Å². The Morgan fingerprint density at radius 2 is 1.69 bits per heavy atom. The van der Waals surface area contributed by atoms with Gasteiger partial charge < -0.3 is 19.2 Å². The molecule has 0 radical (unpaired) electrons. The summed E-state index contributed by atoms with van der Waals surface area (Å²) >= 11 is 0. The average Bonchev–Trinajstić information content (AvgIpc) is 2.34. The van der Waals surface area contributed by atoms with Gasteiger partial charge in [0.15, 0.2) is 10.5 Å². The Hall–Kier alpha value is 0.0569. The number of methoxy groups -OCH3 is 2. The van der Waals surface area contributed by atoms with Gasteiger partial charge in [0.25, 0.3) is 5.97 Å². The van der Waals surface area contributed by atoms with E-state index in [9.17, 15) is 0 Å². The van der Waals surface area contributed by atoms with E-state index in [2.05, 4.69) is 12.2 Å². The average molecular weight is 249 g/mol. The molecule has 0 spiro atoms. The van der Waals surface area contributed by atoms with Crippen molar-refractivity contribution in [3.05, 3.63) is 0 Å². The number of hydrogen-bond donors (Lipinski definition) is 1. The Morgan fingerprint density at radius 1 is 1.06 bits per heavy atom. The van der Waals surface area contributed by atoms with Gasteiger partial charge in [-0.2, -0.15) is 0 Å². The van der Waals surface area contributed by atoms with Gasteiger partial charge in [0.1, 0.15) is 0 Å². The van der Waals surface area contributed by atoms with Crippen molar-refractivity contribution in [3.63, 3.8) is 0 Å². The summed E-state index contributed by atoms with van der Waals surface area (Å²) in [4.78, 5) is 0. The summed E-state index contributed by atoms with van der Waals surface area (Å²) < 4.78 is 15.9. The molecule has 98 valence electrons. The number of unbranched alkanes of at least 4 members (excludes halogenated alkanes) is 2. The second kappa shape index (κ2) is 10.2. The first-order valence-corrected chi connectivity index (χ1v) is 6.92. The van der Waals surface area contributed by atoms with E-state index in [1.165, 1.54) is 12.8 Å². The molecule has 0 fully saturated rings. The monoisotopic (exact) mass is 249 g/mol. The fraction of sp³-hybridized carbons (Fsp3) is 1.00. The van der Waals surface area contributed by atoms with Gasteiger partial charge in [-0.3, -0.25) is 0 Å². The Labute approximate surface area is 103 Å². The molecular formula is C11H27NO3Si. The molecule has 0 bridgehead atoms. The molecule has 0 saturated heterocycles. The molecule has 0 aromatic heterocycles. The highest BCUT2D eigenvalue weighted by atomic mass is 28.2. The van der Waals surface area contributed by atoms with E-state index < -0.39 is 5.97 Å². The van der Waals surface area contributed by atoms with Crippen LogP contribution in [0.15, 0.2) is 0 Å². The first-order valence-electron chi connectivity index (χ1n) is 6.10. The highest BCUT2D eigenvalue weighted by Gasteiger charge is 2.27. The number of ether oxygens (including phenoxy) is 2. The van der Waals surface area contributed by atoms with Crippen LogP contribution in [-0.2, 0) is 13.9 Å². The molecule has 0 aliphatic carbocycles. The highest BCUT2D eigenvalue weighted by Crippen LogP contribution is 2.19. The van der Waals surface area contributed by atoms with Gasteiger partial charge in [0.05, 0.1) is 0 Å². The van der Waals surface area contributed by atoms with Crippen molar-refractivity contribution in [2.75, 3.05) is 27.3 Å². The topological polar surface area (TPSA) is 39.7 Å². The molecule has 1 N–H and O–H groups in total. The molecule has 0 heterocycles. The van der Waals surface area contributed by atoms with Gasteiger partial charge in [-0.05, 0) is 32.4 Å². The number of nitrogens with one attached hydrogen (secondary N) is 1. The van der Waals surface area contributed by atoms with Crippen LogP contribution in [-0.4, -0.2) is 43.8 Å². The van der Waals surface area contributed by atoms with Crippen LogP contribution in [0.5, 0.6) is 0 Å². The normalized spacial score (nSPS) is 12.2. The Balaban J connectivity index is 3.48. The third kappa shape index (κ3) is 6.60. The van der Waals surface area contributed by atoms with Gasteiger partial charge in [-0.15, -0.1) is 0 Å². The predicted molar refractivity (Wildman–Crippen MR) is 69.4 cm³/mol. The van der Waals surface area contributed by atoms with Crippen molar-refractivity contribution < 1.29 is 13.9 Å². The van der Waals surface area contributed by atoms with Crippen LogP contribution in [0.1, 0.15) is 39.0 Å². The third-order valence-corrected chi connectivity index (χ3v) is 3.35. The quantitative estimate of drug-likeness (QED) is 0.334. The smallest absolute Gasteiger partial charge is 0.272 e. The highest BCUT2D eigenvalue weighted by molar-refractivity contribution is 5.98. The minimum Gasteiger partial charge on any atom is -0.380 e. The van der Waals surface area contributed by atoms with Crippen molar-refractivity contribution in [1.82, 2.24) is 5.32 Å². The SMILES string of the molecule is CCCCNCCCCC(OC)(OC)O[SiH3]. The zero-order valence-electron chi connectivity index (χ0n) is 11.2. The van der Waals surface area contributed by atoms with Crippen LogP contribution in [0, 0.1) is 0 Å². The Kier molecular flexibility index (Phi) is 10.3. The number of rotatable bonds is 11. The van der Waals surface area contributed by atoms with Crippen LogP contribution in [0.4, 0.5) is 0 Å². The van der Waals surface area contributed by atoms with Crippen LogP contribution in [0.2, 0.25) is 0 Å². The fourth-order valence-corrected chi connectivity index (χ4v) is 2.11. The van der Waals surface area contributed by atoms with Crippen molar-refractivity contribution in [3.8, 4) is 0 Å². The van der Waals surface area contributed by atoms with Gasteiger partial charge in [-0.1, -0.05) is 13.3 Å². The van der Waals surface area contributed by atoms with Crippen LogP contribution >= 0.6 is 0 Å². The van der Waals surface area contributed by atoms with Crippen molar-refractivity contribution in [2.45, 2.75) is 45.0 Å². The summed E-state index contributed by atoms with van der Waals surface area (Å²) in [6.07, 6.45) is 5.46. The zero-order chi connectivity index (χ0) is 12.3. The maximum absolute atomic E-state index is 5.36. The lowest BCUT2D eigenvalue weighted by molar-refractivity contribution is -0.325. The van der Waals surface area contributed by atoms with Crippen molar-refractivity contribution in [2.24, 2.45) is 0 Å². The van der Waals surface area contributed by atoms with Crippen molar-refractivity contribution >= 4 is 10.5 Å². The minimum absolute atomic E-state index is 0.620. The summed E-state index contributed by atoms with van der Waals surface area (Å²) in [6, 6.07) is 0. The molecule has 0 aromatic carbocycles. The largest absolute Gasteiger partial charge is 0.380 e. The molecule has 0 saturated carbocycles. The van der Waals surface area contributed by atoms with Gasteiger partial charge in [-0.25, -0.2) is 0 Å². The summed E-state index contributed by atoms with van der Waals surface area (Å²) in [7, 11) is 3.87. The minimum atomic E-state index is -0.796. The predicted octanol–water partition coefficient (Wildman–Crippen LogP) is 0.790. The molecule has 0 aliphatic heterocycles. The standard InChI is InChI=1S/C11H27NO3Si/c1-4-5-9-12-10-7-6-8-11(13-2,14-3)15-16/h12H,4-10H2,1-3,16H3. The summed E-state index contributed by atoms with van der Waals surface area (Å²) in [6.45, 7) is 4.38. The Bertz CT molecular complexity index is 146. The maximum Gasteiger partial charge on any atom is 0.272 e. The molecule has 0 aliphatic rings. The molecule has 0 amide bonds. The van der Waals surface area contributed by atoms with E-state index in [-0.39, 0.29) is 0 Å².